The molecule has 21 heavy (non-hydrogen) atoms. The van der Waals surface area contributed by atoms with E-state index in [4.69, 9.17) is 5.73 Å². The molecule has 0 aliphatic carbocycles. The van der Waals surface area contributed by atoms with E-state index in [1.165, 1.54) is 12.1 Å². The molecule has 0 atom stereocenters. The molecule has 1 saturated heterocycles. The second-order valence-electron chi connectivity index (χ2n) is 4.59. The first-order valence-electron chi connectivity index (χ1n) is 6.40. The lowest BCUT2D eigenvalue weighted by molar-refractivity contribution is -0.125. The lowest BCUT2D eigenvalue weighted by Crippen LogP contribution is -2.32. The Hall–Kier alpha value is -2.64. The summed E-state index contributed by atoms with van der Waals surface area (Å²) in [5, 5.41) is 4.95. The number of nitrogens with two attached hydrogens (primary N) is 1. The lowest BCUT2D eigenvalue weighted by atomic mass is 10.2. The molecule has 0 aromatic heterocycles. The van der Waals surface area contributed by atoms with E-state index < -0.39 is 11.8 Å². The fourth-order valence-corrected chi connectivity index (χ4v) is 1.94. The van der Waals surface area contributed by atoms with Crippen LogP contribution in [-0.2, 0) is 9.59 Å². The highest BCUT2D eigenvalue weighted by Gasteiger charge is 2.27. The summed E-state index contributed by atoms with van der Waals surface area (Å²) in [6.45, 7) is 0.175. The minimum Gasteiger partial charge on any atom is -0.397 e. The van der Waals surface area contributed by atoms with Crippen molar-refractivity contribution in [3.05, 3.63) is 24.0 Å². The summed E-state index contributed by atoms with van der Waals surface area (Å²) in [5.74, 6) is -1.10. The Morgan fingerprint density at radius 3 is 2.81 bits per heavy atom. The van der Waals surface area contributed by atoms with Crippen LogP contribution in [0.2, 0.25) is 0 Å². The molecule has 1 aromatic carbocycles. The van der Waals surface area contributed by atoms with Gasteiger partial charge in [-0.2, -0.15) is 0 Å². The van der Waals surface area contributed by atoms with Crippen LogP contribution in [0, 0.1) is 5.82 Å². The SMILES string of the molecule is Nc1cc(F)ccc1NC(=O)CCCN1C(=O)CNC1=O. The first kappa shape index (κ1) is 14.8. The van der Waals surface area contributed by atoms with E-state index in [2.05, 4.69) is 10.6 Å². The number of benzene rings is 1. The molecular formula is C13H15FN4O3. The van der Waals surface area contributed by atoms with E-state index in [0.29, 0.717) is 12.1 Å². The number of nitrogens with zero attached hydrogens (tertiary/aromatic N) is 1. The summed E-state index contributed by atoms with van der Waals surface area (Å²) in [4.78, 5) is 35.4. The zero-order valence-corrected chi connectivity index (χ0v) is 11.2. The van der Waals surface area contributed by atoms with Crippen molar-refractivity contribution in [2.24, 2.45) is 0 Å². The van der Waals surface area contributed by atoms with E-state index in [1.807, 2.05) is 0 Å². The molecule has 2 rings (SSSR count). The second kappa shape index (κ2) is 6.21. The fraction of sp³-hybridized carbons (Fsp3) is 0.308. The van der Waals surface area contributed by atoms with Crippen molar-refractivity contribution in [1.29, 1.82) is 0 Å². The molecule has 1 aliphatic heterocycles. The van der Waals surface area contributed by atoms with Gasteiger partial charge >= 0.3 is 6.03 Å². The summed E-state index contributed by atoms with van der Waals surface area (Å²) in [7, 11) is 0. The average Bonchev–Trinajstić information content (AvgIpc) is 2.74. The van der Waals surface area contributed by atoms with Crippen LogP contribution in [0.25, 0.3) is 0 Å². The Kier molecular flexibility index (Phi) is 4.36. The van der Waals surface area contributed by atoms with Gasteiger partial charge in [-0.1, -0.05) is 0 Å². The van der Waals surface area contributed by atoms with Gasteiger partial charge < -0.3 is 16.4 Å². The van der Waals surface area contributed by atoms with Gasteiger partial charge in [-0.3, -0.25) is 14.5 Å². The summed E-state index contributed by atoms with van der Waals surface area (Å²) in [6.07, 6.45) is 0.458. The summed E-state index contributed by atoms with van der Waals surface area (Å²) in [6, 6.07) is 3.24. The molecule has 1 aliphatic rings. The van der Waals surface area contributed by atoms with Crippen LogP contribution < -0.4 is 16.4 Å². The number of rotatable bonds is 5. The first-order chi connectivity index (χ1) is 9.97. The standard InChI is InChI=1S/C13H15FN4O3/c14-8-3-4-10(9(15)6-8)17-11(19)2-1-5-18-12(20)7-16-13(18)21/h3-4,6H,1-2,5,7,15H2,(H,16,21)(H,17,19). The highest BCUT2D eigenvalue weighted by atomic mass is 19.1. The second-order valence-corrected chi connectivity index (χ2v) is 4.59. The molecule has 0 saturated carbocycles. The number of hydrogen-bond donors (Lipinski definition) is 3. The average molecular weight is 294 g/mol. The van der Waals surface area contributed by atoms with Crippen LogP contribution >= 0.6 is 0 Å². The number of urea groups is 1. The highest BCUT2D eigenvalue weighted by molar-refractivity contribution is 6.02. The van der Waals surface area contributed by atoms with Crippen LogP contribution in [0.4, 0.5) is 20.6 Å². The summed E-state index contributed by atoms with van der Waals surface area (Å²) in [5.41, 5.74) is 6.04. The smallest absolute Gasteiger partial charge is 0.324 e. The number of hydrogen-bond acceptors (Lipinski definition) is 4. The van der Waals surface area contributed by atoms with Gasteiger partial charge in [0.2, 0.25) is 11.8 Å². The number of carbonyl (C=O) groups is 3. The van der Waals surface area contributed by atoms with Crippen molar-refractivity contribution in [3.8, 4) is 0 Å². The topological polar surface area (TPSA) is 105 Å². The predicted molar refractivity (Wildman–Crippen MR) is 73.8 cm³/mol. The third-order valence-electron chi connectivity index (χ3n) is 3.01. The monoisotopic (exact) mass is 294 g/mol. The maximum absolute atomic E-state index is 12.9. The summed E-state index contributed by atoms with van der Waals surface area (Å²) >= 11 is 0. The largest absolute Gasteiger partial charge is 0.397 e. The van der Waals surface area contributed by atoms with Crippen molar-refractivity contribution in [1.82, 2.24) is 10.2 Å². The molecule has 1 fully saturated rings. The lowest BCUT2D eigenvalue weighted by Gasteiger charge is -2.12. The Morgan fingerprint density at radius 2 is 2.19 bits per heavy atom. The van der Waals surface area contributed by atoms with E-state index >= 15 is 0 Å². The van der Waals surface area contributed by atoms with Crippen molar-refractivity contribution >= 4 is 29.2 Å². The quantitative estimate of drug-likeness (QED) is 0.548. The van der Waals surface area contributed by atoms with Crippen LogP contribution in [0.3, 0.4) is 0 Å². The normalized spacial score (nSPS) is 14.2. The van der Waals surface area contributed by atoms with Crippen molar-refractivity contribution in [2.75, 3.05) is 24.1 Å². The molecule has 112 valence electrons. The van der Waals surface area contributed by atoms with Crippen LogP contribution in [0.5, 0.6) is 0 Å². The van der Waals surface area contributed by atoms with Gasteiger partial charge in [0, 0.05) is 13.0 Å². The number of imide groups is 1. The number of carbonyl (C=O) groups excluding carboxylic acids is 3. The van der Waals surface area contributed by atoms with Gasteiger partial charge in [0.05, 0.1) is 17.9 Å². The molecule has 0 radical (unpaired) electrons. The fourth-order valence-electron chi connectivity index (χ4n) is 1.94. The summed E-state index contributed by atoms with van der Waals surface area (Å²) < 4.78 is 12.9. The maximum Gasteiger partial charge on any atom is 0.324 e. The highest BCUT2D eigenvalue weighted by Crippen LogP contribution is 2.19. The van der Waals surface area contributed by atoms with E-state index in [-0.39, 0.29) is 37.0 Å². The zero-order valence-electron chi connectivity index (χ0n) is 11.2. The third kappa shape index (κ3) is 3.68. The number of anilines is 2. The Bertz CT molecular complexity index is 575. The Labute approximate surface area is 120 Å². The number of nitrogen functional groups attached to an aromatic ring is 1. The van der Waals surface area contributed by atoms with Crippen molar-refractivity contribution < 1.29 is 18.8 Å². The van der Waals surface area contributed by atoms with E-state index in [0.717, 1.165) is 11.0 Å². The molecule has 0 unspecified atom stereocenters. The van der Waals surface area contributed by atoms with E-state index in [9.17, 15) is 18.8 Å². The Balaban J connectivity index is 1.80. The first-order valence-corrected chi connectivity index (χ1v) is 6.40. The minimum atomic E-state index is -0.482. The van der Waals surface area contributed by atoms with Crippen molar-refractivity contribution in [3.63, 3.8) is 0 Å². The van der Waals surface area contributed by atoms with Gasteiger partial charge in [0.1, 0.15) is 5.82 Å². The van der Waals surface area contributed by atoms with Crippen LogP contribution in [-0.4, -0.2) is 35.8 Å². The number of nitrogens with one attached hydrogen (secondary N) is 2. The molecule has 8 heteroatoms. The Morgan fingerprint density at radius 1 is 1.43 bits per heavy atom. The molecule has 0 bridgehead atoms. The van der Waals surface area contributed by atoms with Gasteiger partial charge in [0.25, 0.3) is 0 Å². The van der Waals surface area contributed by atoms with Gasteiger partial charge in [-0.15, -0.1) is 0 Å². The number of amides is 4. The van der Waals surface area contributed by atoms with Crippen molar-refractivity contribution in [2.45, 2.75) is 12.8 Å². The van der Waals surface area contributed by atoms with Gasteiger partial charge in [0.15, 0.2) is 0 Å². The van der Waals surface area contributed by atoms with Crippen LogP contribution in [0.15, 0.2) is 18.2 Å². The molecule has 1 aromatic rings. The van der Waals surface area contributed by atoms with Crippen LogP contribution in [0.1, 0.15) is 12.8 Å². The molecule has 1 heterocycles. The maximum atomic E-state index is 12.9. The minimum absolute atomic E-state index is 0.00283. The third-order valence-corrected chi connectivity index (χ3v) is 3.01. The molecule has 7 nitrogen and oxygen atoms in total. The van der Waals surface area contributed by atoms with Gasteiger partial charge in [-0.05, 0) is 24.6 Å². The number of halogens is 1. The molecule has 4 amide bonds. The van der Waals surface area contributed by atoms with E-state index in [1.54, 1.807) is 0 Å². The zero-order chi connectivity index (χ0) is 15.4. The molecular weight excluding hydrogens is 279 g/mol. The molecule has 4 N–H and O–H groups in total. The molecule has 0 spiro atoms. The van der Waals surface area contributed by atoms with Gasteiger partial charge in [-0.25, -0.2) is 9.18 Å². The predicted octanol–water partition coefficient (Wildman–Crippen LogP) is 0.678.